The summed E-state index contributed by atoms with van der Waals surface area (Å²) in [6, 6.07) is 0. The normalized spacial score (nSPS) is 26.1. The highest BCUT2D eigenvalue weighted by atomic mass is 31.2. The summed E-state index contributed by atoms with van der Waals surface area (Å²) in [7, 11) is -17.0. The maximum atomic E-state index is 12.5. The van der Waals surface area contributed by atoms with Crippen LogP contribution in [0.1, 0.15) is 59.3 Å². The first-order valence-corrected chi connectivity index (χ1v) is 16.2. The van der Waals surface area contributed by atoms with Crippen molar-refractivity contribution in [2.75, 3.05) is 0 Å². The Morgan fingerprint density at radius 1 is 0.487 bits per heavy atom. The van der Waals surface area contributed by atoms with Crippen molar-refractivity contribution in [2.45, 2.75) is 95.9 Å². The van der Waals surface area contributed by atoms with Gasteiger partial charge in [-0.05, 0) is 19.3 Å². The lowest BCUT2D eigenvalue weighted by atomic mass is 9.84. The van der Waals surface area contributed by atoms with E-state index in [1.807, 2.05) is 0 Å². The number of hydrogen-bond donors (Lipinski definition) is 6. The van der Waals surface area contributed by atoms with Gasteiger partial charge in [0.2, 0.25) is 0 Å². The fraction of sp³-hybridized carbons (Fsp3) is 0.833. The number of carbonyl (C=O) groups is 3. The van der Waals surface area contributed by atoms with Crippen molar-refractivity contribution < 1.29 is 85.2 Å². The molecule has 0 heterocycles. The molecular formula is C18H33O18P3. The maximum Gasteiger partial charge on any atom is 0.470 e. The summed E-state index contributed by atoms with van der Waals surface area (Å²) in [5.74, 6) is -3.17. The molecule has 0 spiro atoms. The zero-order valence-electron chi connectivity index (χ0n) is 21.1. The van der Waals surface area contributed by atoms with E-state index in [9.17, 15) is 57.4 Å². The molecule has 0 aliphatic heterocycles. The number of esters is 3. The van der Waals surface area contributed by atoms with Gasteiger partial charge in [-0.3, -0.25) is 28.0 Å². The molecule has 0 aromatic heterocycles. The Bertz CT molecular complexity index is 928. The van der Waals surface area contributed by atoms with Crippen LogP contribution in [0.4, 0.5) is 0 Å². The molecule has 0 amide bonds. The highest BCUT2D eigenvalue weighted by molar-refractivity contribution is 7.47. The number of ether oxygens (including phenoxy) is 3. The van der Waals surface area contributed by atoms with E-state index in [2.05, 4.69) is 13.6 Å². The molecule has 0 saturated heterocycles. The Morgan fingerprint density at radius 3 is 0.897 bits per heavy atom. The summed E-state index contributed by atoms with van der Waals surface area (Å²) >= 11 is 0. The molecule has 18 nitrogen and oxygen atoms in total. The molecule has 4 unspecified atom stereocenters. The molecule has 1 fully saturated rings. The summed E-state index contributed by atoms with van der Waals surface area (Å²) in [4.78, 5) is 94.3. The predicted molar refractivity (Wildman–Crippen MR) is 125 cm³/mol. The third-order valence-electron chi connectivity index (χ3n) is 4.88. The number of carbonyl (C=O) groups excluding carboxylic acids is 3. The molecular weight excluding hydrogens is 597 g/mol. The van der Waals surface area contributed by atoms with Crippen LogP contribution in [0.25, 0.3) is 0 Å². The van der Waals surface area contributed by atoms with E-state index in [1.165, 1.54) is 0 Å². The van der Waals surface area contributed by atoms with Crippen molar-refractivity contribution in [3.63, 3.8) is 0 Å². The molecule has 21 heteroatoms. The third-order valence-corrected chi connectivity index (χ3v) is 6.44. The first-order chi connectivity index (χ1) is 17.8. The SMILES string of the molecule is CCCC(=O)OC1C(OC(=O)CCC)C(OP(=O)(O)O)C(OP(=O)(O)O)C(OP(=O)(O)O)C1OC(=O)CCC. The minimum atomic E-state index is -5.70. The fourth-order valence-corrected chi connectivity index (χ4v) is 5.28. The van der Waals surface area contributed by atoms with Crippen LogP contribution in [0.5, 0.6) is 0 Å². The molecule has 228 valence electrons. The van der Waals surface area contributed by atoms with Gasteiger partial charge >= 0.3 is 41.4 Å². The molecule has 0 radical (unpaired) electrons. The van der Waals surface area contributed by atoms with Gasteiger partial charge in [0, 0.05) is 19.3 Å². The minimum Gasteiger partial charge on any atom is -0.455 e. The standard InChI is InChI=1S/C18H33O18P3/c1-4-7-10(19)31-13-14(32-11(20)8-5-2)16(34-37(22,23)24)18(36-39(28,29)30)17(35-38(25,26)27)15(13)33-12(21)9-6-3/h13-18H,4-9H2,1-3H3,(H2,22,23,24)(H2,25,26,27)(H2,28,29,30). The zero-order valence-corrected chi connectivity index (χ0v) is 23.8. The number of phosphoric acid groups is 3. The second kappa shape index (κ2) is 15.1. The van der Waals surface area contributed by atoms with E-state index in [1.54, 1.807) is 20.8 Å². The molecule has 1 rings (SSSR count). The van der Waals surface area contributed by atoms with Gasteiger partial charge < -0.3 is 43.6 Å². The zero-order chi connectivity index (χ0) is 30.2. The van der Waals surface area contributed by atoms with Crippen molar-refractivity contribution in [1.29, 1.82) is 0 Å². The van der Waals surface area contributed by atoms with E-state index in [0.29, 0.717) is 0 Å². The Kier molecular flexibility index (Phi) is 13.9. The summed E-state index contributed by atoms with van der Waals surface area (Å²) in [5.41, 5.74) is 0. The van der Waals surface area contributed by atoms with Crippen LogP contribution in [0.2, 0.25) is 0 Å². The van der Waals surface area contributed by atoms with E-state index < -0.39 is 78.0 Å². The Balaban J connectivity index is 3.94. The van der Waals surface area contributed by atoms with Crippen LogP contribution < -0.4 is 0 Å². The highest BCUT2D eigenvalue weighted by Gasteiger charge is 2.62. The molecule has 4 atom stereocenters. The van der Waals surface area contributed by atoms with Gasteiger partial charge in [0.15, 0.2) is 18.3 Å². The fourth-order valence-electron chi connectivity index (χ4n) is 3.60. The largest absolute Gasteiger partial charge is 0.470 e. The van der Waals surface area contributed by atoms with Crippen molar-refractivity contribution >= 4 is 41.4 Å². The first kappa shape index (κ1) is 35.8. The van der Waals surface area contributed by atoms with Crippen LogP contribution in [0, 0.1) is 0 Å². The van der Waals surface area contributed by atoms with Crippen LogP contribution in [0.3, 0.4) is 0 Å². The molecule has 6 N–H and O–H groups in total. The highest BCUT2D eigenvalue weighted by Crippen LogP contribution is 2.51. The monoisotopic (exact) mass is 630 g/mol. The lowest BCUT2D eigenvalue weighted by Gasteiger charge is -2.47. The third kappa shape index (κ3) is 12.9. The molecule has 1 aliphatic carbocycles. The average molecular weight is 630 g/mol. The maximum absolute atomic E-state index is 12.5. The number of rotatable bonds is 15. The van der Waals surface area contributed by atoms with Crippen molar-refractivity contribution in [3.05, 3.63) is 0 Å². The minimum absolute atomic E-state index is 0.192. The van der Waals surface area contributed by atoms with Gasteiger partial charge in [-0.2, -0.15) is 0 Å². The van der Waals surface area contributed by atoms with Crippen molar-refractivity contribution in [1.82, 2.24) is 0 Å². The molecule has 39 heavy (non-hydrogen) atoms. The van der Waals surface area contributed by atoms with E-state index in [4.69, 9.17) is 14.2 Å². The van der Waals surface area contributed by atoms with Gasteiger partial charge in [0.25, 0.3) is 0 Å². The Labute approximate surface area is 223 Å². The van der Waals surface area contributed by atoms with E-state index >= 15 is 0 Å². The summed E-state index contributed by atoms with van der Waals surface area (Å²) in [5, 5.41) is 0. The van der Waals surface area contributed by atoms with E-state index in [-0.39, 0.29) is 38.5 Å². The van der Waals surface area contributed by atoms with Crippen LogP contribution >= 0.6 is 23.5 Å². The number of hydrogen-bond acceptors (Lipinski definition) is 12. The van der Waals surface area contributed by atoms with Gasteiger partial charge in [-0.25, -0.2) is 13.7 Å². The van der Waals surface area contributed by atoms with Crippen molar-refractivity contribution in [2.24, 2.45) is 0 Å². The summed E-state index contributed by atoms with van der Waals surface area (Å²) < 4.78 is 64.9. The van der Waals surface area contributed by atoms with E-state index in [0.717, 1.165) is 0 Å². The lowest BCUT2D eigenvalue weighted by molar-refractivity contribution is -0.241. The quantitative estimate of drug-likeness (QED) is 0.0819. The summed E-state index contributed by atoms with van der Waals surface area (Å²) in [6.07, 6.45) is -14.3. The molecule has 0 aromatic rings. The lowest BCUT2D eigenvalue weighted by Crippen LogP contribution is -2.67. The second-order valence-corrected chi connectivity index (χ2v) is 11.9. The molecule has 0 bridgehead atoms. The first-order valence-electron chi connectivity index (χ1n) is 11.6. The van der Waals surface area contributed by atoms with Gasteiger partial charge in [-0.15, -0.1) is 0 Å². The predicted octanol–water partition coefficient (Wildman–Crippen LogP) is 0.569. The van der Waals surface area contributed by atoms with Gasteiger partial charge in [-0.1, -0.05) is 20.8 Å². The Hall–Kier alpha value is -1.26. The molecule has 1 aliphatic rings. The Morgan fingerprint density at radius 2 is 0.692 bits per heavy atom. The van der Waals surface area contributed by atoms with Crippen LogP contribution in [-0.4, -0.2) is 83.9 Å². The smallest absolute Gasteiger partial charge is 0.455 e. The van der Waals surface area contributed by atoms with Gasteiger partial charge in [0.1, 0.15) is 18.3 Å². The van der Waals surface area contributed by atoms with Gasteiger partial charge in [0.05, 0.1) is 0 Å². The summed E-state index contributed by atoms with van der Waals surface area (Å²) in [6.45, 7) is 4.69. The molecule has 1 saturated carbocycles. The van der Waals surface area contributed by atoms with Crippen LogP contribution in [0.15, 0.2) is 0 Å². The van der Waals surface area contributed by atoms with Crippen LogP contribution in [-0.2, 0) is 55.9 Å². The molecule has 0 aromatic carbocycles. The average Bonchev–Trinajstić information content (AvgIpc) is 2.73. The topological polar surface area (TPSA) is 279 Å². The van der Waals surface area contributed by atoms with Crippen molar-refractivity contribution in [3.8, 4) is 0 Å². The number of phosphoric ester groups is 3. The second-order valence-electron chi connectivity index (χ2n) is 8.30.